The van der Waals surface area contributed by atoms with Crippen LogP contribution in [0.1, 0.15) is 21.6 Å². The van der Waals surface area contributed by atoms with Crippen LogP contribution in [-0.4, -0.2) is 34.4 Å². The molecule has 6 nitrogen and oxygen atoms in total. The second-order valence-corrected chi connectivity index (χ2v) is 4.43. The van der Waals surface area contributed by atoms with E-state index in [1.165, 1.54) is 0 Å². The zero-order valence-electron chi connectivity index (χ0n) is 11.3. The summed E-state index contributed by atoms with van der Waals surface area (Å²) in [6, 6.07) is 7.20. The van der Waals surface area contributed by atoms with Gasteiger partial charge in [0.15, 0.2) is 0 Å². The Morgan fingerprint density at radius 1 is 1.35 bits per heavy atom. The maximum absolute atomic E-state index is 11.6. The second kappa shape index (κ2) is 6.72. The van der Waals surface area contributed by atoms with E-state index < -0.39 is 0 Å². The minimum atomic E-state index is -0.184. The molecule has 1 aromatic carbocycles. The van der Waals surface area contributed by atoms with Crippen molar-refractivity contribution in [1.29, 1.82) is 0 Å². The Morgan fingerprint density at radius 3 is 2.70 bits per heavy atom. The van der Waals surface area contributed by atoms with Gasteiger partial charge < -0.3 is 15.7 Å². The van der Waals surface area contributed by atoms with Crippen molar-refractivity contribution in [1.82, 2.24) is 15.5 Å². The van der Waals surface area contributed by atoms with Crippen LogP contribution >= 0.6 is 0 Å². The molecule has 0 atom stereocenters. The number of anilines is 1. The number of H-pyrrole nitrogens is 1. The Hall–Kier alpha value is -2.34. The van der Waals surface area contributed by atoms with Gasteiger partial charge in [-0.1, -0.05) is 0 Å². The topological polar surface area (TPSA) is 90.0 Å². The molecule has 0 aliphatic heterocycles. The number of aliphatic hydroxyl groups is 1. The molecule has 0 aliphatic carbocycles. The van der Waals surface area contributed by atoms with E-state index in [2.05, 4.69) is 20.8 Å². The highest BCUT2D eigenvalue weighted by molar-refractivity contribution is 5.94. The fourth-order valence-corrected chi connectivity index (χ4v) is 1.76. The fraction of sp³-hybridized carbons (Fsp3) is 0.286. The van der Waals surface area contributed by atoms with Crippen molar-refractivity contribution in [2.45, 2.75) is 13.5 Å². The predicted molar refractivity (Wildman–Crippen MR) is 76.5 cm³/mol. The highest BCUT2D eigenvalue weighted by atomic mass is 16.3. The molecular weight excluding hydrogens is 256 g/mol. The molecule has 1 amide bonds. The highest BCUT2D eigenvalue weighted by Gasteiger charge is 2.04. The second-order valence-electron chi connectivity index (χ2n) is 4.43. The van der Waals surface area contributed by atoms with Crippen LogP contribution < -0.4 is 10.6 Å². The molecule has 106 valence electrons. The molecular formula is C14H18N4O2. The number of aromatic nitrogens is 2. The van der Waals surface area contributed by atoms with E-state index in [1.54, 1.807) is 18.3 Å². The molecule has 1 aromatic heterocycles. The van der Waals surface area contributed by atoms with Gasteiger partial charge in [0.2, 0.25) is 0 Å². The van der Waals surface area contributed by atoms with E-state index in [0.717, 1.165) is 16.9 Å². The smallest absolute Gasteiger partial charge is 0.251 e. The Kier molecular flexibility index (Phi) is 4.73. The number of aryl methyl sites for hydroxylation is 1. The molecule has 0 spiro atoms. The maximum atomic E-state index is 11.6. The van der Waals surface area contributed by atoms with E-state index >= 15 is 0 Å². The molecule has 2 aromatic rings. The van der Waals surface area contributed by atoms with E-state index in [4.69, 9.17) is 5.11 Å². The molecule has 1 heterocycles. The van der Waals surface area contributed by atoms with Gasteiger partial charge in [-0.25, -0.2) is 0 Å². The number of nitrogens with one attached hydrogen (secondary N) is 3. The Labute approximate surface area is 117 Å². The number of carbonyl (C=O) groups is 1. The number of aromatic amines is 1. The van der Waals surface area contributed by atoms with Gasteiger partial charge in [-0.05, 0) is 31.2 Å². The lowest BCUT2D eigenvalue weighted by molar-refractivity contribution is 0.0945. The van der Waals surface area contributed by atoms with Gasteiger partial charge in [-0.15, -0.1) is 0 Å². The lowest BCUT2D eigenvalue weighted by Crippen LogP contribution is -2.26. The van der Waals surface area contributed by atoms with Crippen LogP contribution in [0.3, 0.4) is 0 Å². The molecule has 2 rings (SSSR count). The monoisotopic (exact) mass is 274 g/mol. The number of rotatable bonds is 6. The molecule has 0 fully saturated rings. The average Bonchev–Trinajstić information content (AvgIpc) is 2.88. The van der Waals surface area contributed by atoms with Crippen LogP contribution in [-0.2, 0) is 6.54 Å². The van der Waals surface area contributed by atoms with Gasteiger partial charge in [-0.2, -0.15) is 5.10 Å². The lowest BCUT2D eigenvalue weighted by atomic mass is 10.2. The summed E-state index contributed by atoms with van der Waals surface area (Å²) in [4.78, 5) is 11.6. The van der Waals surface area contributed by atoms with Crippen LogP contribution in [0, 0.1) is 6.92 Å². The molecule has 20 heavy (non-hydrogen) atoms. The Balaban J connectivity index is 1.91. The number of amides is 1. The molecule has 4 N–H and O–H groups in total. The zero-order valence-corrected chi connectivity index (χ0v) is 11.3. The van der Waals surface area contributed by atoms with E-state index in [9.17, 15) is 4.79 Å². The molecule has 0 saturated carbocycles. The van der Waals surface area contributed by atoms with Crippen molar-refractivity contribution in [2.24, 2.45) is 0 Å². The Bertz CT molecular complexity index is 563. The molecule has 0 radical (unpaired) electrons. The fourth-order valence-electron chi connectivity index (χ4n) is 1.76. The molecule has 0 aliphatic rings. The molecule has 0 unspecified atom stereocenters. The number of hydrogen-bond acceptors (Lipinski definition) is 4. The molecule has 0 bridgehead atoms. The SMILES string of the molecule is Cc1[nH]ncc1CNc1ccc(C(=O)NCCO)cc1. The predicted octanol–water partition coefficient (Wildman–Crippen LogP) is 1.05. The summed E-state index contributed by atoms with van der Waals surface area (Å²) in [6.07, 6.45) is 1.79. The van der Waals surface area contributed by atoms with Crippen LogP contribution in [0.25, 0.3) is 0 Å². The summed E-state index contributed by atoms with van der Waals surface area (Å²) in [7, 11) is 0. The van der Waals surface area contributed by atoms with Crippen LogP contribution in [0.2, 0.25) is 0 Å². The van der Waals surface area contributed by atoms with Gasteiger partial charge >= 0.3 is 0 Å². The van der Waals surface area contributed by atoms with Crippen molar-refractivity contribution in [3.8, 4) is 0 Å². The Morgan fingerprint density at radius 2 is 2.10 bits per heavy atom. The van der Waals surface area contributed by atoms with Gasteiger partial charge in [0.25, 0.3) is 5.91 Å². The average molecular weight is 274 g/mol. The number of carbonyl (C=O) groups excluding carboxylic acids is 1. The number of hydrogen-bond donors (Lipinski definition) is 4. The lowest BCUT2D eigenvalue weighted by Gasteiger charge is -2.07. The highest BCUT2D eigenvalue weighted by Crippen LogP contribution is 2.12. The van der Waals surface area contributed by atoms with Gasteiger partial charge in [0, 0.05) is 35.6 Å². The van der Waals surface area contributed by atoms with E-state index in [0.29, 0.717) is 12.1 Å². The van der Waals surface area contributed by atoms with Gasteiger partial charge in [-0.3, -0.25) is 9.89 Å². The summed E-state index contributed by atoms with van der Waals surface area (Å²) in [6.45, 7) is 2.85. The number of aliphatic hydroxyl groups excluding tert-OH is 1. The number of nitrogens with zero attached hydrogens (tertiary/aromatic N) is 1. The standard InChI is InChI=1S/C14H18N4O2/c1-10-12(9-17-18-10)8-16-13-4-2-11(3-5-13)14(20)15-6-7-19/h2-5,9,16,19H,6-8H2,1H3,(H,15,20)(H,17,18). The van der Waals surface area contributed by atoms with E-state index in [-0.39, 0.29) is 19.1 Å². The van der Waals surface area contributed by atoms with Crippen molar-refractivity contribution >= 4 is 11.6 Å². The summed E-state index contributed by atoms with van der Waals surface area (Å²) in [5.74, 6) is -0.184. The summed E-state index contributed by atoms with van der Waals surface area (Å²) < 4.78 is 0. The van der Waals surface area contributed by atoms with Gasteiger partial charge in [0.1, 0.15) is 0 Å². The largest absolute Gasteiger partial charge is 0.395 e. The zero-order chi connectivity index (χ0) is 14.4. The van der Waals surface area contributed by atoms with Crippen molar-refractivity contribution < 1.29 is 9.90 Å². The first-order valence-electron chi connectivity index (χ1n) is 6.42. The van der Waals surface area contributed by atoms with Crippen molar-refractivity contribution in [3.05, 3.63) is 47.3 Å². The maximum Gasteiger partial charge on any atom is 0.251 e. The first kappa shape index (κ1) is 14.1. The van der Waals surface area contributed by atoms with Crippen LogP contribution in [0.4, 0.5) is 5.69 Å². The third-order valence-electron chi connectivity index (χ3n) is 2.96. The molecule has 6 heteroatoms. The first-order valence-corrected chi connectivity index (χ1v) is 6.42. The van der Waals surface area contributed by atoms with Crippen molar-refractivity contribution in [3.63, 3.8) is 0 Å². The third kappa shape index (κ3) is 3.58. The molecule has 0 saturated heterocycles. The quantitative estimate of drug-likeness (QED) is 0.634. The first-order chi connectivity index (χ1) is 9.70. The minimum absolute atomic E-state index is 0.0601. The van der Waals surface area contributed by atoms with Gasteiger partial charge in [0.05, 0.1) is 12.8 Å². The third-order valence-corrected chi connectivity index (χ3v) is 2.96. The normalized spacial score (nSPS) is 10.3. The van der Waals surface area contributed by atoms with Crippen LogP contribution in [0.5, 0.6) is 0 Å². The van der Waals surface area contributed by atoms with Crippen LogP contribution in [0.15, 0.2) is 30.5 Å². The summed E-state index contributed by atoms with van der Waals surface area (Å²) in [5, 5.41) is 21.4. The summed E-state index contributed by atoms with van der Waals surface area (Å²) >= 11 is 0. The summed E-state index contributed by atoms with van der Waals surface area (Å²) in [5.41, 5.74) is 3.65. The van der Waals surface area contributed by atoms with Crippen molar-refractivity contribution in [2.75, 3.05) is 18.5 Å². The number of benzene rings is 1. The van der Waals surface area contributed by atoms with E-state index in [1.807, 2.05) is 19.1 Å². The minimum Gasteiger partial charge on any atom is -0.395 e.